The second-order valence-corrected chi connectivity index (χ2v) is 6.75. The van der Waals surface area contributed by atoms with Crippen LogP contribution in [0.4, 0.5) is 0 Å². The van der Waals surface area contributed by atoms with Crippen molar-refractivity contribution in [3.63, 3.8) is 0 Å². The lowest BCUT2D eigenvalue weighted by Crippen LogP contribution is -2.61. The van der Waals surface area contributed by atoms with Gasteiger partial charge in [-0.25, -0.2) is 9.97 Å². The summed E-state index contributed by atoms with van der Waals surface area (Å²) in [5, 5.41) is 0. The highest BCUT2D eigenvalue weighted by atomic mass is 15.3. The molecule has 2 aliphatic rings. The number of piperazine rings is 2. The number of fused-ring (bicyclic) bond motifs is 1. The molecule has 2 aliphatic heterocycles. The average Bonchev–Trinajstić information content (AvgIpc) is 2.47. The summed E-state index contributed by atoms with van der Waals surface area (Å²) >= 11 is 0. The summed E-state index contributed by atoms with van der Waals surface area (Å²) in [6.07, 6.45) is 1.91. The minimum absolute atomic E-state index is 0.397. The van der Waals surface area contributed by atoms with E-state index in [2.05, 4.69) is 46.6 Å². The lowest BCUT2D eigenvalue weighted by Gasteiger charge is -2.46. The molecule has 3 rings (SSSR count). The molecule has 21 heavy (non-hydrogen) atoms. The Kier molecular flexibility index (Phi) is 4.52. The van der Waals surface area contributed by atoms with E-state index in [-0.39, 0.29) is 0 Å². The number of likely N-dealkylation sites (N-methyl/N-ethyl adjacent to an activating group) is 1. The van der Waals surface area contributed by atoms with Gasteiger partial charge in [-0.1, -0.05) is 13.8 Å². The highest BCUT2D eigenvalue weighted by Crippen LogP contribution is 2.17. The van der Waals surface area contributed by atoms with E-state index < -0.39 is 0 Å². The van der Waals surface area contributed by atoms with Crippen LogP contribution >= 0.6 is 0 Å². The minimum Gasteiger partial charge on any atom is -0.303 e. The maximum Gasteiger partial charge on any atom is 0.131 e. The highest BCUT2D eigenvalue weighted by Gasteiger charge is 2.30. The molecule has 3 heterocycles. The third-order valence-corrected chi connectivity index (χ3v) is 4.61. The van der Waals surface area contributed by atoms with Crippen LogP contribution in [0, 0.1) is 0 Å². The molecule has 1 atom stereocenters. The Morgan fingerprint density at radius 3 is 2.81 bits per heavy atom. The summed E-state index contributed by atoms with van der Waals surface area (Å²) in [6, 6.07) is 2.74. The normalized spacial score (nSPS) is 25.2. The van der Waals surface area contributed by atoms with Crippen molar-refractivity contribution in [1.29, 1.82) is 0 Å². The Bertz CT molecular complexity index is 475. The van der Waals surface area contributed by atoms with Crippen LogP contribution in [0.15, 0.2) is 12.3 Å². The predicted molar refractivity (Wildman–Crippen MR) is 84.3 cm³/mol. The molecular formula is C16H27N5. The third kappa shape index (κ3) is 3.59. The highest BCUT2D eigenvalue weighted by molar-refractivity contribution is 5.05. The van der Waals surface area contributed by atoms with Crippen molar-refractivity contribution in [2.45, 2.75) is 32.4 Å². The van der Waals surface area contributed by atoms with Crippen LogP contribution in [0.2, 0.25) is 0 Å². The van der Waals surface area contributed by atoms with Crippen molar-refractivity contribution < 1.29 is 0 Å². The first-order valence-corrected chi connectivity index (χ1v) is 8.08. The van der Waals surface area contributed by atoms with Crippen molar-refractivity contribution in [3.8, 4) is 0 Å². The van der Waals surface area contributed by atoms with E-state index in [0.717, 1.165) is 31.2 Å². The first-order chi connectivity index (χ1) is 10.1. The molecule has 1 aromatic heterocycles. The van der Waals surface area contributed by atoms with Gasteiger partial charge in [0, 0.05) is 64.0 Å². The van der Waals surface area contributed by atoms with E-state index in [1.54, 1.807) is 0 Å². The molecule has 0 saturated carbocycles. The van der Waals surface area contributed by atoms with Crippen LogP contribution in [0.5, 0.6) is 0 Å². The van der Waals surface area contributed by atoms with E-state index in [1.165, 1.54) is 26.2 Å². The lowest BCUT2D eigenvalue weighted by molar-refractivity contribution is 0.0171. The van der Waals surface area contributed by atoms with Crippen molar-refractivity contribution in [2.75, 3.05) is 46.3 Å². The molecule has 0 spiro atoms. The third-order valence-electron chi connectivity index (χ3n) is 4.61. The first-order valence-electron chi connectivity index (χ1n) is 8.08. The molecular weight excluding hydrogens is 262 g/mol. The van der Waals surface area contributed by atoms with E-state index in [4.69, 9.17) is 4.98 Å². The molecule has 2 fully saturated rings. The molecule has 5 nitrogen and oxygen atoms in total. The quantitative estimate of drug-likeness (QED) is 0.830. The predicted octanol–water partition coefficient (Wildman–Crippen LogP) is 1.03. The van der Waals surface area contributed by atoms with Gasteiger partial charge in [-0.15, -0.1) is 0 Å². The number of rotatable bonds is 3. The topological polar surface area (TPSA) is 35.5 Å². The molecule has 2 saturated heterocycles. The van der Waals surface area contributed by atoms with Crippen LogP contribution in [0.1, 0.15) is 31.3 Å². The first kappa shape index (κ1) is 14.9. The van der Waals surface area contributed by atoms with Gasteiger partial charge in [0.15, 0.2) is 0 Å². The molecule has 0 aliphatic carbocycles. The molecule has 116 valence electrons. The average molecular weight is 289 g/mol. The van der Waals surface area contributed by atoms with E-state index in [0.29, 0.717) is 12.0 Å². The van der Waals surface area contributed by atoms with Gasteiger partial charge in [-0.05, 0) is 13.1 Å². The number of aromatic nitrogens is 2. The number of nitrogens with zero attached hydrogens (tertiary/aromatic N) is 5. The van der Waals surface area contributed by atoms with E-state index in [9.17, 15) is 0 Å². The molecule has 0 amide bonds. The lowest BCUT2D eigenvalue weighted by atomic mass is 10.1. The van der Waals surface area contributed by atoms with Gasteiger partial charge in [0.25, 0.3) is 0 Å². The maximum atomic E-state index is 4.71. The zero-order valence-electron chi connectivity index (χ0n) is 13.5. The zero-order chi connectivity index (χ0) is 14.8. The van der Waals surface area contributed by atoms with Crippen LogP contribution in [0.3, 0.4) is 0 Å². The molecule has 0 unspecified atom stereocenters. The molecule has 0 radical (unpaired) electrons. The van der Waals surface area contributed by atoms with Gasteiger partial charge >= 0.3 is 0 Å². The summed E-state index contributed by atoms with van der Waals surface area (Å²) < 4.78 is 0. The Labute approximate surface area is 128 Å². The Hall–Kier alpha value is -1.04. The second-order valence-electron chi connectivity index (χ2n) is 6.75. The van der Waals surface area contributed by atoms with Gasteiger partial charge in [-0.2, -0.15) is 0 Å². The van der Waals surface area contributed by atoms with Crippen LogP contribution in [-0.4, -0.2) is 77.0 Å². The largest absolute Gasteiger partial charge is 0.303 e. The second kappa shape index (κ2) is 6.38. The Morgan fingerprint density at radius 1 is 1.19 bits per heavy atom. The maximum absolute atomic E-state index is 4.71. The van der Waals surface area contributed by atoms with Crippen molar-refractivity contribution in [1.82, 2.24) is 24.7 Å². The smallest absolute Gasteiger partial charge is 0.131 e. The summed E-state index contributed by atoms with van der Waals surface area (Å²) in [7, 11) is 2.23. The van der Waals surface area contributed by atoms with Gasteiger partial charge in [0.1, 0.15) is 5.82 Å². The summed E-state index contributed by atoms with van der Waals surface area (Å²) in [5.74, 6) is 1.36. The van der Waals surface area contributed by atoms with Crippen LogP contribution in [-0.2, 0) is 6.54 Å². The molecule has 1 aromatic rings. The molecule has 5 heteroatoms. The summed E-state index contributed by atoms with van der Waals surface area (Å²) in [4.78, 5) is 16.7. The van der Waals surface area contributed by atoms with E-state index in [1.807, 2.05) is 6.20 Å². The molecule has 0 bridgehead atoms. The van der Waals surface area contributed by atoms with Gasteiger partial charge < -0.3 is 4.90 Å². The Balaban J connectivity index is 1.62. The van der Waals surface area contributed by atoms with Crippen molar-refractivity contribution in [2.24, 2.45) is 0 Å². The molecule has 0 N–H and O–H groups in total. The van der Waals surface area contributed by atoms with Gasteiger partial charge in [0.05, 0.1) is 5.69 Å². The minimum atomic E-state index is 0.397. The Morgan fingerprint density at radius 2 is 2.00 bits per heavy atom. The zero-order valence-corrected chi connectivity index (χ0v) is 13.5. The SMILES string of the molecule is CC(C)c1nccc(CN2CCN3CCN(C)C[C@H]3C2)n1. The monoisotopic (exact) mass is 289 g/mol. The van der Waals surface area contributed by atoms with Gasteiger partial charge in [-0.3, -0.25) is 9.80 Å². The van der Waals surface area contributed by atoms with Crippen molar-refractivity contribution >= 4 is 0 Å². The van der Waals surface area contributed by atoms with Gasteiger partial charge in [0.2, 0.25) is 0 Å². The van der Waals surface area contributed by atoms with E-state index >= 15 is 0 Å². The fraction of sp³-hybridized carbons (Fsp3) is 0.750. The number of hydrogen-bond acceptors (Lipinski definition) is 5. The standard InChI is InChI=1S/C16H27N5/c1-13(2)16-17-5-4-14(18-16)10-20-7-9-21-8-6-19(3)11-15(21)12-20/h4-5,13,15H,6-12H2,1-3H3/t15-/m0/s1. The van der Waals surface area contributed by atoms with Crippen LogP contribution < -0.4 is 0 Å². The van der Waals surface area contributed by atoms with Crippen molar-refractivity contribution in [3.05, 3.63) is 23.8 Å². The fourth-order valence-corrected chi connectivity index (χ4v) is 3.33. The van der Waals surface area contributed by atoms with Crippen LogP contribution in [0.25, 0.3) is 0 Å². The number of hydrogen-bond donors (Lipinski definition) is 0. The summed E-state index contributed by atoms with van der Waals surface area (Å²) in [6.45, 7) is 12.4. The molecule has 0 aromatic carbocycles. The fourth-order valence-electron chi connectivity index (χ4n) is 3.33. The summed E-state index contributed by atoms with van der Waals surface area (Å²) in [5.41, 5.74) is 1.16.